The van der Waals surface area contributed by atoms with Crippen molar-refractivity contribution < 1.29 is 9.53 Å². The van der Waals surface area contributed by atoms with Crippen LogP contribution in [0.3, 0.4) is 0 Å². The van der Waals surface area contributed by atoms with Crippen LogP contribution in [0.4, 0.5) is 5.69 Å². The molecule has 142 valence electrons. The molecule has 0 saturated carbocycles. The predicted octanol–water partition coefficient (Wildman–Crippen LogP) is 4.14. The zero-order valence-corrected chi connectivity index (χ0v) is 16.0. The number of methoxy groups -OCH3 is 1. The predicted molar refractivity (Wildman–Crippen MR) is 111 cm³/mol. The Bertz CT molecular complexity index is 963. The number of nitrogens with one attached hydrogen (secondary N) is 2. The number of carbonyl (C=O) groups excluding carboxylic acids is 1. The molecule has 0 saturated heterocycles. The van der Waals surface area contributed by atoms with Gasteiger partial charge in [-0.2, -0.15) is 0 Å². The van der Waals surface area contributed by atoms with E-state index in [9.17, 15) is 4.79 Å². The minimum absolute atomic E-state index is 0.275. The number of amides is 1. The lowest BCUT2D eigenvalue weighted by atomic mass is 10.2. The Balaban J connectivity index is 1.86. The van der Waals surface area contributed by atoms with Crippen LogP contribution in [0.15, 0.2) is 78.0 Å². The van der Waals surface area contributed by atoms with Crippen LogP contribution in [0.2, 0.25) is 5.02 Å². The van der Waals surface area contributed by atoms with Crippen LogP contribution in [-0.2, 0) is 6.54 Å². The van der Waals surface area contributed by atoms with E-state index < -0.39 is 0 Å². The van der Waals surface area contributed by atoms with E-state index in [4.69, 9.17) is 16.3 Å². The van der Waals surface area contributed by atoms with Gasteiger partial charge in [0.25, 0.3) is 5.91 Å². The number of hydrogen-bond donors (Lipinski definition) is 2. The lowest BCUT2D eigenvalue weighted by Gasteiger charge is -2.15. The maximum absolute atomic E-state index is 12.6. The van der Waals surface area contributed by atoms with Gasteiger partial charge >= 0.3 is 0 Å². The first-order chi connectivity index (χ1) is 13.7. The number of anilines is 1. The standard InChI is InChI=1S/C21H19ClN4O2/c1-28-19-8-7-17(22)13-18(19)25-21(24-14-15-9-11-23-12-10-15)26-20(27)16-5-3-2-4-6-16/h2-13H,14H2,1H3,(H2,24,25,26,27). The van der Waals surface area contributed by atoms with Crippen molar-refractivity contribution in [2.75, 3.05) is 12.4 Å². The number of pyridine rings is 1. The van der Waals surface area contributed by atoms with E-state index in [-0.39, 0.29) is 11.9 Å². The second kappa shape index (κ2) is 9.53. The molecule has 1 heterocycles. The summed E-state index contributed by atoms with van der Waals surface area (Å²) in [5, 5.41) is 6.45. The van der Waals surface area contributed by atoms with Gasteiger partial charge in [-0.15, -0.1) is 0 Å². The number of carbonyl (C=O) groups is 1. The Morgan fingerprint density at radius 3 is 2.57 bits per heavy atom. The fourth-order valence-electron chi connectivity index (χ4n) is 2.44. The van der Waals surface area contributed by atoms with E-state index in [1.165, 1.54) is 0 Å². The zero-order chi connectivity index (χ0) is 19.8. The van der Waals surface area contributed by atoms with E-state index >= 15 is 0 Å². The minimum Gasteiger partial charge on any atom is -0.495 e. The maximum atomic E-state index is 12.6. The average molecular weight is 395 g/mol. The zero-order valence-electron chi connectivity index (χ0n) is 15.2. The van der Waals surface area contributed by atoms with Crippen molar-refractivity contribution in [3.8, 4) is 5.75 Å². The highest BCUT2D eigenvalue weighted by Gasteiger charge is 2.12. The molecule has 2 aromatic carbocycles. The van der Waals surface area contributed by atoms with Crippen LogP contribution in [-0.4, -0.2) is 24.0 Å². The van der Waals surface area contributed by atoms with Gasteiger partial charge in [0.05, 0.1) is 19.3 Å². The van der Waals surface area contributed by atoms with Crippen LogP contribution in [0, 0.1) is 0 Å². The molecule has 3 rings (SSSR count). The number of rotatable bonds is 5. The van der Waals surface area contributed by atoms with Gasteiger partial charge in [-0.1, -0.05) is 29.8 Å². The number of ether oxygens (including phenoxy) is 1. The summed E-state index contributed by atoms with van der Waals surface area (Å²) in [6.45, 7) is 0.364. The molecule has 2 N–H and O–H groups in total. The molecule has 0 fully saturated rings. The molecule has 0 bridgehead atoms. The van der Waals surface area contributed by atoms with E-state index in [2.05, 4.69) is 20.6 Å². The summed E-state index contributed by atoms with van der Waals surface area (Å²) in [6, 6.07) is 17.8. The third kappa shape index (κ3) is 5.31. The smallest absolute Gasteiger partial charge is 0.257 e. The highest BCUT2D eigenvalue weighted by Crippen LogP contribution is 2.27. The molecule has 1 amide bonds. The fourth-order valence-corrected chi connectivity index (χ4v) is 2.62. The number of guanidine groups is 1. The molecule has 0 atom stereocenters. The SMILES string of the molecule is COc1ccc(Cl)cc1NC(=NCc1ccncc1)NC(=O)c1ccccc1. The summed E-state index contributed by atoms with van der Waals surface area (Å²) in [5.41, 5.74) is 2.08. The van der Waals surface area contributed by atoms with Gasteiger partial charge < -0.3 is 10.1 Å². The molecule has 0 radical (unpaired) electrons. The first-order valence-corrected chi connectivity index (χ1v) is 8.94. The molecule has 0 aliphatic heterocycles. The van der Waals surface area contributed by atoms with Crippen molar-refractivity contribution >= 4 is 29.2 Å². The highest BCUT2D eigenvalue weighted by atomic mass is 35.5. The van der Waals surface area contributed by atoms with E-state index in [1.54, 1.807) is 62.0 Å². The van der Waals surface area contributed by atoms with Gasteiger partial charge in [-0.25, -0.2) is 4.99 Å². The van der Waals surface area contributed by atoms with E-state index in [1.807, 2.05) is 18.2 Å². The topological polar surface area (TPSA) is 75.6 Å². The summed E-state index contributed by atoms with van der Waals surface area (Å²) >= 11 is 6.10. The second-order valence-corrected chi connectivity index (χ2v) is 6.25. The van der Waals surface area contributed by atoms with Crippen LogP contribution in [0.5, 0.6) is 5.75 Å². The molecule has 0 aliphatic carbocycles. The number of nitrogens with zero attached hydrogens (tertiary/aromatic N) is 2. The van der Waals surface area contributed by atoms with Crippen molar-refractivity contribution in [2.24, 2.45) is 4.99 Å². The van der Waals surface area contributed by atoms with Crippen LogP contribution >= 0.6 is 11.6 Å². The monoisotopic (exact) mass is 394 g/mol. The third-order valence-corrected chi connectivity index (χ3v) is 4.09. The molecule has 0 spiro atoms. The van der Waals surface area contributed by atoms with Crippen LogP contribution in [0.1, 0.15) is 15.9 Å². The van der Waals surface area contributed by atoms with Gasteiger partial charge in [0.15, 0.2) is 0 Å². The molecule has 0 unspecified atom stereocenters. The number of hydrogen-bond acceptors (Lipinski definition) is 4. The third-order valence-electron chi connectivity index (χ3n) is 3.85. The molecular weight excluding hydrogens is 376 g/mol. The van der Waals surface area contributed by atoms with Crippen LogP contribution < -0.4 is 15.4 Å². The lowest BCUT2D eigenvalue weighted by molar-refractivity contribution is 0.0977. The first kappa shape index (κ1) is 19.4. The van der Waals surface area contributed by atoms with E-state index in [0.717, 1.165) is 5.56 Å². The van der Waals surface area contributed by atoms with Gasteiger partial charge in [-0.3, -0.25) is 15.1 Å². The molecule has 0 aliphatic rings. The minimum atomic E-state index is -0.275. The summed E-state index contributed by atoms with van der Waals surface area (Å²) in [6.07, 6.45) is 3.39. The van der Waals surface area contributed by atoms with Crippen molar-refractivity contribution in [3.63, 3.8) is 0 Å². The number of halogens is 1. The Labute approximate surface area is 168 Å². The van der Waals surface area contributed by atoms with Gasteiger partial charge in [0, 0.05) is 23.0 Å². The highest BCUT2D eigenvalue weighted by molar-refractivity contribution is 6.31. The Morgan fingerprint density at radius 2 is 1.86 bits per heavy atom. The summed E-state index contributed by atoms with van der Waals surface area (Å²) in [5.74, 6) is 0.587. The van der Waals surface area contributed by atoms with Gasteiger partial charge in [0.2, 0.25) is 5.96 Å². The Kier molecular flexibility index (Phi) is 6.59. The molecular formula is C21H19ClN4O2. The van der Waals surface area contributed by atoms with Crippen molar-refractivity contribution in [2.45, 2.75) is 6.54 Å². The van der Waals surface area contributed by atoms with Gasteiger partial charge in [0.1, 0.15) is 5.75 Å². The van der Waals surface area contributed by atoms with Crippen molar-refractivity contribution in [1.29, 1.82) is 0 Å². The molecule has 1 aromatic heterocycles. The summed E-state index contributed by atoms with van der Waals surface area (Å²) in [7, 11) is 1.56. The quantitative estimate of drug-likeness (QED) is 0.503. The van der Waals surface area contributed by atoms with Crippen LogP contribution in [0.25, 0.3) is 0 Å². The molecule has 6 nitrogen and oxygen atoms in total. The molecule has 28 heavy (non-hydrogen) atoms. The van der Waals surface area contributed by atoms with Crippen molar-refractivity contribution in [3.05, 3.63) is 89.2 Å². The maximum Gasteiger partial charge on any atom is 0.257 e. The molecule has 3 aromatic rings. The number of aliphatic imine (C=N–C) groups is 1. The second-order valence-electron chi connectivity index (χ2n) is 5.81. The Hall–Kier alpha value is -3.38. The molecule has 7 heteroatoms. The summed E-state index contributed by atoms with van der Waals surface area (Å²) < 4.78 is 5.36. The Morgan fingerprint density at radius 1 is 1.11 bits per heavy atom. The largest absolute Gasteiger partial charge is 0.495 e. The normalized spacial score (nSPS) is 11.0. The van der Waals surface area contributed by atoms with Gasteiger partial charge in [-0.05, 0) is 48.0 Å². The lowest BCUT2D eigenvalue weighted by Crippen LogP contribution is -2.36. The van der Waals surface area contributed by atoms with E-state index in [0.29, 0.717) is 28.6 Å². The average Bonchev–Trinajstić information content (AvgIpc) is 2.73. The number of benzene rings is 2. The first-order valence-electron chi connectivity index (χ1n) is 8.56. The van der Waals surface area contributed by atoms with Crippen molar-refractivity contribution in [1.82, 2.24) is 10.3 Å². The summed E-state index contributed by atoms with van der Waals surface area (Å²) in [4.78, 5) is 21.1. The fraction of sp³-hybridized carbons (Fsp3) is 0.0952. The number of aromatic nitrogens is 1.